The highest BCUT2D eigenvalue weighted by Crippen LogP contribution is 2.30. The molecular weight excluding hydrogens is 454 g/mol. The molecule has 0 radical (unpaired) electrons. The number of aromatic nitrogens is 1. The van der Waals surface area contributed by atoms with Crippen LogP contribution in [0.5, 0.6) is 0 Å². The Morgan fingerprint density at radius 2 is 1.77 bits per heavy atom. The third-order valence-corrected chi connectivity index (χ3v) is 8.02. The summed E-state index contributed by atoms with van der Waals surface area (Å²) in [7, 11) is -3.59. The van der Waals surface area contributed by atoms with Crippen molar-refractivity contribution in [3.63, 3.8) is 0 Å². The molecule has 0 fully saturated rings. The van der Waals surface area contributed by atoms with Crippen LogP contribution in [0.15, 0.2) is 47.4 Å². The second kappa shape index (κ2) is 10.5. The van der Waals surface area contributed by atoms with Crippen molar-refractivity contribution >= 4 is 54.2 Å². The predicted molar refractivity (Wildman–Crippen MR) is 128 cm³/mol. The van der Waals surface area contributed by atoms with Crippen LogP contribution in [0.25, 0.3) is 10.2 Å². The van der Waals surface area contributed by atoms with Crippen LogP contribution in [-0.2, 0) is 10.0 Å². The van der Waals surface area contributed by atoms with Gasteiger partial charge in [0.1, 0.15) is 0 Å². The Bertz CT molecular complexity index is 1150. The lowest BCUT2D eigenvalue weighted by Gasteiger charge is -2.21. The zero-order chi connectivity index (χ0) is 22.4. The fraction of sp³-hybridized carbons (Fsp3) is 0.364. The normalized spacial score (nSPS) is 11.9. The number of rotatable bonds is 10. The number of fused-ring (bicyclic) bond motifs is 1. The maximum atomic E-state index is 13.2. The van der Waals surface area contributed by atoms with E-state index in [0.717, 1.165) is 25.7 Å². The van der Waals surface area contributed by atoms with Gasteiger partial charge in [0.2, 0.25) is 10.0 Å². The molecule has 0 aliphatic heterocycles. The van der Waals surface area contributed by atoms with Gasteiger partial charge in [0, 0.05) is 13.1 Å². The highest BCUT2D eigenvalue weighted by atomic mass is 35.5. The number of sulfonamides is 1. The van der Waals surface area contributed by atoms with E-state index in [2.05, 4.69) is 10.3 Å². The lowest BCUT2D eigenvalue weighted by Crippen LogP contribution is -2.33. The van der Waals surface area contributed by atoms with Gasteiger partial charge in [0.05, 0.1) is 25.7 Å². The molecule has 0 saturated carbocycles. The SMILES string of the molecule is CCCCN(CCCC)S(=O)(=O)c1ccc2nc(NC(=O)c3ccccc3Cl)sc2c1. The maximum Gasteiger partial charge on any atom is 0.258 e. The van der Waals surface area contributed by atoms with Crippen LogP contribution < -0.4 is 5.32 Å². The molecule has 3 rings (SSSR count). The molecule has 6 nitrogen and oxygen atoms in total. The van der Waals surface area contributed by atoms with Gasteiger partial charge in [-0.3, -0.25) is 10.1 Å². The number of anilines is 1. The second-order valence-electron chi connectivity index (χ2n) is 7.19. The fourth-order valence-corrected chi connectivity index (χ4v) is 5.84. The van der Waals surface area contributed by atoms with Crippen molar-refractivity contribution in [2.75, 3.05) is 18.4 Å². The number of amides is 1. The van der Waals surface area contributed by atoms with Gasteiger partial charge in [0.25, 0.3) is 5.91 Å². The number of nitrogens with one attached hydrogen (secondary N) is 1. The van der Waals surface area contributed by atoms with Crippen molar-refractivity contribution in [2.45, 2.75) is 44.4 Å². The first-order valence-corrected chi connectivity index (χ1v) is 13.0. The lowest BCUT2D eigenvalue weighted by molar-refractivity contribution is 0.102. The van der Waals surface area contributed by atoms with Crippen LogP contribution in [0.4, 0.5) is 5.13 Å². The van der Waals surface area contributed by atoms with Crippen molar-refractivity contribution in [1.29, 1.82) is 0 Å². The number of carbonyl (C=O) groups is 1. The number of unbranched alkanes of at least 4 members (excludes halogenated alkanes) is 2. The quantitative estimate of drug-likeness (QED) is 0.399. The standard InChI is InChI=1S/C22H26ClN3O3S2/c1-3-5-13-26(14-6-4-2)31(28,29)16-11-12-19-20(15-16)30-22(24-19)25-21(27)17-9-7-8-10-18(17)23/h7-12,15H,3-6,13-14H2,1-2H3,(H,24,25,27). The minimum atomic E-state index is -3.59. The van der Waals surface area contributed by atoms with E-state index in [1.54, 1.807) is 46.8 Å². The van der Waals surface area contributed by atoms with E-state index in [-0.39, 0.29) is 10.8 Å². The largest absolute Gasteiger partial charge is 0.298 e. The molecule has 31 heavy (non-hydrogen) atoms. The molecule has 1 N–H and O–H groups in total. The van der Waals surface area contributed by atoms with Gasteiger partial charge in [-0.05, 0) is 43.2 Å². The number of hydrogen-bond donors (Lipinski definition) is 1. The summed E-state index contributed by atoms with van der Waals surface area (Å²) in [5.74, 6) is -0.359. The van der Waals surface area contributed by atoms with Gasteiger partial charge in [0.15, 0.2) is 5.13 Å². The molecule has 2 aromatic carbocycles. The lowest BCUT2D eigenvalue weighted by atomic mass is 10.2. The number of benzene rings is 2. The zero-order valence-corrected chi connectivity index (χ0v) is 20.0. The van der Waals surface area contributed by atoms with E-state index in [4.69, 9.17) is 11.6 Å². The topological polar surface area (TPSA) is 79.4 Å². The molecule has 1 heterocycles. The Morgan fingerprint density at radius 1 is 1.10 bits per heavy atom. The van der Waals surface area contributed by atoms with Crippen LogP contribution in [0.3, 0.4) is 0 Å². The summed E-state index contributed by atoms with van der Waals surface area (Å²) in [6, 6.07) is 11.7. The number of halogens is 1. The average Bonchev–Trinajstić information content (AvgIpc) is 3.15. The molecule has 0 aliphatic carbocycles. The van der Waals surface area contributed by atoms with E-state index in [0.29, 0.717) is 39.0 Å². The minimum absolute atomic E-state index is 0.250. The molecule has 166 valence electrons. The van der Waals surface area contributed by atoms with Crippen molar-refractivity contribution in [3.8, 4) is 0 Å². The maximum absolute atomic E-state index is 13.2. The molecule has 0 saturated heterocycles. The molecule has 9 heteroatoms. The molecular formula is C22H26ClN3O3S2. The molecule has 3 aromatic rings. The average molecular weight is 480 g/mol. The van der Waals surface area contributed by atoms with Crippen LogP contribution in [0.2, 0.25) is 5.02 Å². The van der Waals surface area contributed by atoms with Gasteiger partial charge < -0.3 is 0 Å². The van der Waals surface area contributed by atoms with Crippen LogP contribution in [0.1, 0.15) is 49.9 Å². The molecule has 0 aliphatic rings. The van der Waals surface area contributed by atoms with Crippen LogP contribution >= 0.6 is 22.9 Å². The van der Waals surface area contributed by atoms with Crippen molar-refractivity contribution in [2.24, 2.45) is 0 Å². The highest BCUT2D eigenvalue weighted by Gasteiger charge is 2.24. The molecule has 1 aromatic heterocycles. The summed E-state index contributed by atoms with van der Waals surface area (Å²) in [5.41, 5.74) is 0.987. The van der Waals surface area contributed by atoms with Gasteiger partial charge >= 0.3 is 0 Å². The monoisotopic (exact) mass is 479 g/mol. The summed E-state index contributed by atoms with van der Waals surface area (Å²) < 4.78 is 28.7. The molecule has 0 atom stereocenters. The highest BCUT2D eigenvalue weighted by molar-refractivity contribution is 7.89. The van der Waals surface area contributed by atoms with E-state index in [9.17, 15) is 13.2 Å². The molecule has 1 amide bonds. The number of nitrogens with zero attached hydrogens (tertiary/aromatic N) is 2. The van der Waals surface area contributed by atoms with Crippen LogP contribution in [0, 0.1) is 0 Å². The first-order chi connectivity index (χ1) is 14.9. The number of thiazole rings is 1. The van der Waals surface area contributed by atoms with Gasteiger partial charge in [-0.25, -0.2) is 13.4 Å². The van der Waals surface area contributed by atoms with Crippen molar-refractivity contribution < 1.29 is 13.2 Å². The van der Waals surface area contributed by atoms with Gasteiger partial charge in [-0.2, -0.15) is 4.31 Å². The summed E-state index contributed by atoms with van der Waals surface area (Å²) in [6.07, 6.45) is 3.51. The smallest absolute Gasteiger partial charge is 0.258 e. The summed E-state index contributed by atoms with van der Waals surface area (Å²) in [6.45, 7) is 5.12. The van der Waals surface area contributed by atoms with E-state index in [1.807, 2.05) is 13.8 Å². The summed E-state index contributed by atoms with van der Waals surface area (Å²) in [5, 5.41) is 3.50. The minimum Gasteiger partial charge on any atom is -0.298 e. The van der Waals surface area contributed by atoms with E-state index in [1.165, 1.54) is 11.3 Å². The summed E-state index contributed by atoms with van der Waals surface area (Å²) >= 11 is 7.32. The number of carbonyl (C=O) groups excluding carboxylic acids is 1. The predicted octanol–water partition coefficient (Wildman–Crippen LogP) is 5.79. The molecule has 0 unspecified atom stereocenters. The Morgan fingerprint density at radius 3 is 2.42 bits per heavy atom. The Labute approximate surface area is 192 Å². The Kier molecular flexibility index (Phi) is 8.05. The third-order valence-electron chi connectivity index (χ3n) is 4.86. The van der Waals surface area contributed by atoms with Crippen molar-refractivity contribution in [3.05, 3.63) is 53.1 Å². The van der Waals surface area contributed by atoms with E-state index < -0.39 is 10.0 Å². The Balaban J connectivity index is 1.85. The number of hydrogen-bond acceptors (Lipinski definition) is 5. The summed E-state index contributed by atoms with van der Waals surface area (Å²) in [4.78, 5) is 17.2. The van der Waals surface area contributed by atoms with Crippen molar-refractivity contribution in [1.82, 2.24) is 9.29 Å². The van der Waals surface area contributed by atoms with Gasteiger partial charge in [-0.15, -0.1) is 0 Å². The van der Waals surface area contributed by atoms with Crippen LogP contribution in [-0.4, -0.2) is 36.7 Å². The molecule has 0 bridgehead atoms. The first kappa shape index (κ1) is 23.7. The fourth-order valence-electron chi connectivity index (χ4n) is 3.10. The zero-order valence-electron chi connectivity index (χ0n) is 17.6. The third kappa shape index (κ3) is 5.63. The molecule has 0 spiro atoms. The first-order valence-electron chi connectivity index (χ1n) is 10.3. The van der Waals surface area contributed by atoms with Gasteiger partial charge in [-0.1, -0.05) is 61.8 Å². The second-order valence-corrected chi connectivity index (χ2v) is 10.6. The van der Waals surface area contributed by atoms with E-state index >= 15 is 0 Å². The Hall–Kier alpha value is -2.00.